The van der Waals surface area contributed by atoms with Gasteiger partial charge in [0.25, 0.3) is 0 Å². The molecule has 1 saturated heterocycles. The van der Waals surface area contributed by atoms with E-state index in [1.165, 1.54) is 0 Å². The topological polar surface area (TPSA) is 170 Å². The Morgan fingerprint density at radius 1 is 1.04 bits per heavy atom. The van der Waals surface area contributed by atoms with E-state index in [0.717, 1.165) is 11.1 Å². The number of esters is 2. The molecule has 4 N–H and O–H groups in total. The molecule has 12 heteroatoms. The normalized spacial score (nSPS) is 19.6. The number of aliphatic hydroxyl groups excluding tert-OH is 1. The monoisotopic (exact) mass is 664 g/mol. The summed E-state index contributed by atoms with van der Waals surface area (Å²) in [6, 6.07) is 13.4. The first kappa shape index (κ1) is 36.3. The van der Waals surface area contributed by atoms with E-state index in [1.807, 2.05) is 24.3 Å². The van der Waals surface area contributed by atoms with Gasteiger partial charge < -0.3 is 39.8 Å². The molecule has 48 heavy (non-hydrogen) atoms. The van der Waals surface area contributed by atoms with Gasteiger partial charge in [-0.2, -0.15) is 0 Å². The number of phenols is 1. The lowest BCUT2D eigenvalue weighted by Gasteiger charge is -2.30. The second kappa shape index (κ2) is 17.0. The molecule has 2 aliphatic rings. The number of para-hydroxylation sites is 1. The Kier molecular flexibility index (Phi) is 12.9. The van der Waals surface area contributed by atoms with E-state index in [9.17, 15) is 29.4 Å². The van der Waals surface area contributed by atoms with Crippen molar-refractivity contribution in [3.05, 3.63) is 82.9 Å². The number of allylic oxidation sites excluding steroid dienone is 1. The predicted molar refractivity (Wildman–Crippen MR) is 176 cm³/mol. The number of carbonyl (C=O) groups excluding carboxylic acids is 4. The van der Waals surface area contributed by atoms with Crippen molar-refractivity contribution in [2.24, 2.45) is 0 Å². The standard InChI is InChI=1S/C36H44N2O10/c1-36(2,3)48-32(42)16-15-27(21-39)38-31(41)17-18-37-34(43)26-19-29-33(46-22-45-29)30(20-26)47-35(44)25-13-11-23(12-14-25)7-6-9-24-8-4-5-10-28(24)40/h4-8,10-14,19,27,29-30,33,39-40H,9,15-18,20-22H2,1-3H3,(H,37,43)(H,38,41)/t27-,29+,30+,33+/m0/s1. The number of aliphatic hydroxyl groups is 1. The van der Waals surface area contributed by atoms with Gasteiger partial charge in [0, 0.05) is 31.4 Å². The Labute approximate surface area is 280 Å². The molecular formula is C36H44N2O10. The number of fused-ring (bicyclic) bond motifs is 1. The summed E-state index contributed by atoms with van der Waals surface area (Å²) >= 11 is 0. The summed E-state index contributed by atoms with van der Waals surface area (Å²) in [5.74, 6) is -1.58. The third kappa shape index (κ3) is 11.0. The van der Waals surface area contributed by atoms with Crippen molar-refractivity contribution in [3.63, 3.8) is 0 Å². The second-order valence-corrected chi connectivity index (χ2v) is 12.7. The van der Waals surface area contributed by atoms with Crippen molar-refractivity contribution in [1.82, 2.24) is 10.6 Å². The molecule has 1 heterocycles. The van der Waals surface area contributed by atoms with Crippen LogP contribution in [-0.4, -0.2) is 83.9 Å². The van der Waals surface area contributed by atoms with Crippen LogP contribution in [0.3, 0.4) is 0 Å². The Bertz CT molecular complexity index is 1490. The molecule has 0 unspecified atom stereocenters. The molecule has 0 spiro atoms. The van der Waals surface area contributed by atoms with Crippen LogP contribution >= 0.6 is 0 Å². The lowest BCUT2D eigenvalue weighted by Crippen LogP contribution is -2.44. The number of rotatable bonds is 14. The molecule has 2 aromatic rings. The van der Waals surface area contributed by atoms with Crippen LogP contribution in [0, 0.1) is 0 Å². The van der Waals surface area contributed by atoms with Crippen LogP contribution < -0.4 is 10.6 Å². The molecule has 12 nitrogen and oxygen atoms in total. The van der Waals surface area contributed by atoms with Crippen LogP contribution in [0.25, 0.3) is 6.08 Å². The molecule has 4 atom stereocenters. The minimum Gasteiger partial charge on any atom is -0.508 e. The fraction of sp³-hybridized carbons (Fsp3) is 0.444. The Morgan fingerprint density at radius 3 is 2.50 bits per heavy atom. The van der Waals surface area contributed by atoms with Gasteiger partial charge in [-0.15, -0.1) is 0 Å². The fourth-order valence-corrected chi connectivity index (χ4v) is 5.26. The molecular weight excluding hydrogens is 620 g/mol. The highest BCUT2D eigenvalue weighted by Gasteiger charge is 2.42. The van der Waals surface area contributed by atoms with Crippen LogP contribution in [0.4, 0.5) is 0 Å². The summed E-state index contributed by atoms with van der Waals surface area (Å²) in [7, 11) is 0. The maximum Gasteiger partial charge on any atom is 0.338 e. The van der Waals surface area contributed by atoms with Crippen LogP contribution in [0.15, 0.2) is 66.3 Å². The zero-order chi connectivity index (χ0) is 34.7. The highest BCUT2D eigenvalue weighted by molar-refractivity contribution is 5.94. The van der Waals surface area contributed by atoms with E-state index < -0.39 is 53.7 Å². The zero-order valence-electron chi connectivity index (χ0n) is 27.5. The van der Waals surface area contributed by atoms with Gasteiger partial charge in [-0.05, 0) is 69.0 Å². The van der Waals surface area contributed by atoms with Crippen molar-refractivity contribution in [2.75, 3.05) is 19.9 Å². The third-order valence-corrected chi connectivity index (χ3v) is 7.67. The van der Waals surface area contributed by atoms with Crippen LogP contribution in [0.5, 0.6) is 5.75 Å². The maximum absolute atomic E-state index is 13.1. The lowest BCUT2D eigenvalue weighted by atomic mass is 9.91. The summed E-state index contributed by atoms with van der Waals surface area (Å²) in [5.41, 5.74) is 1.74. The minimum atomic E-state index is -0.771. The van der Waals surface area contributed by atoms with Crippen LogP contribution in [0.1, 0.15) is 67.9 Å². The van der Waals surface area contributed by atoms with Gasteiger partial charge in [0.05, 0.1) is 18.2 Å². The molecule has 0 bridgehead atoms. The second-order valence-electron chi connectivity index (χ2n) is 12.7. The van der Waals surface area contributed by atoms with E-state index in [0.29, 0.717) is 17.6 Å². The zero-order valence-corrected chi connectivity index (χ0v) is 27.5. The molecule has 258 valence electrons. The number of carbonyl (C=O) groups is 4. The number of phenolic OH excluding ortho intramolecular Hbond substituents is 1. The third-order valence-electron chi connectivity index (χ3n) is 7.67. The van der Waals surface area contributed by atoms with Gasteiger partial charge in [0.2, 0.25) is 11.8 Å². The number of nitrogens with one attached hydrogen (secondary N) is 2. The van der Waals surface area contributed by atoms with E-state index in [1.54, 1.807) is 63.2 Å². The molecule has 0 aromatic heterocycles. The van der Waals surface area contributed by atoms with Gasteiger partial charge in [0.15, 0.2) is 0 Å². The first-order valence-electron chi connectivity index (χ1n) is 16.0. The largest absolute Gasteiger partial charge is 0.508 e. The summed E-state index contributed by atoms with van der Waals surface area (Å²) in [6.07, 6.45) is 4.41. The first-order valence-corrected chi connectivity index (χ1v) is 16.0. The Morgan fingerprint density at radius 2 is 1.79 bits per heavy atom. The first-order chi connectivity index (χ1) is 22.9. The average molecular weight is 665 g/mol. The Balaban J connectivity index is 1.24. The molecule has 4 rings (SSSR count). The SMILES string of the molecule is CC(C)(C)OC(=O)CC[C@@H](CO)NC(=O)CCNC(=O)C1=C[C@H]2OCO[C@H]2[C@H](OC(=O)c2ccc(C=CCc3ccccc3O)cc2)C1. The molecule has 1 aliphatic heterocycles. The van der Waals surface area contributed by atoms with Crippen molar-refractivity contribution >= 4 is 29.8 Å². The summed E-state index contributed by atoms with van der Waals surface area (Å²) in [4.78, 5) is 50.5. The Hall–Kier alpha value is -4.52. The van der Waals surface area contributed by atoms with Crippen molar-refractivity contribution in [2.45, 2.75) is 82.8 Å². The average Bonchev–Trinajstić information content (AvgIpc) is 3.53. The molecule has 1 aliphatic carbocycles. The van der Waals surface area contributed by atoms with Crippen molar-refractivity contribution in [3.8, 4) is 5.75 Å². The number of hydrogen-bond donors (Lipinski definition) is 4. The maximum atomic E-state index is 13.1. The molecule has 2 aromatic carbocycles. The molecule has 2 amide bonds. The van der Waals surface area contributed by atoms with E-state index in [-0.39, 0.29) is 51.4 Å². The number of hydrogen-bond acceptors (Lipinski definition) is 10. The quantitative estimate of drug-likeness (QED) is 0.220. The molecule has 0 radical (unpaired) electrons. The minimum absolute atomic E-state index is 0.00328. The van der Waals surface area contributed by atoms with E-state index in [2.05, 4.69) is 10.6 Å². The van der Waals surface area contributed by atoms with Gasteiger partial charge in [-0.3, -0.25) is 14.4 Å². The van der Waals surface area contributed by atoms with Gasteiger partial charge in [-0.1, -0.05) is 42.5 Å². The highest BCUT2D eigenvalue weighted by Crippen LogP contribution is 2.31. The highest BCUT2D eigenvalue weighted by atomic mass is 16.7. The summed E-state index contributed by atoms with van der Waals surface area (Å²) in [5, 5.41) is 24.9. The lowest BCUT2D eigenvalue weighted by molar-refractivity contribution is -0.155. The molecule has 1 fully saturated rings. The number of aromatic hydroxyl groups is 1. The predicted octanol–water partition coefficient (Wildman–Crippen LogP) is 3.35. The van der Waals surface area contributed by atoms with Crippen molar-refractivity contribution in [1.29, 1.82) is 0 Å². The number of benzene rings is 2. The number of ether oxygens (including phenoxy) is 4. The van der Waals surface area contributed by atoms with Crippen molar-refractivity contribution < 1.29 is 48.3 Å². The summed E-state index contributed by atoms with van der Waals surface area (Å²) in [6.45, 7) is 4.95. The smallest absolute Gasteiger partial charge is 0.338 e. The summed E-state index contributed by atoms with van der Waals surface area (Å²) < 4.78 is 22.3. The van der Waals surface area contributed by atoms with Crippen LogP contribution in [0.2, 0.25) is 0 Å². The van der Waals surface area contributed by atoms with E-state index in [4.69, 9.17) is 18.9 Å². The number of amides is 2. The molecule has 0 saturated carbocycles. The van der Waals surface area contributed by atoms with E-state index >= 15 is 0 Å². The van der Waals surface area contributed by atoms with Gasteiger partial charge in [-0.25, -0.2) is 4.79 Å². The van der Waals surface area contributed by atoms with Gasteiger partial charge >= 0.3 is 11.9 Å². The van der Waals surface area contributed by atoms with Crippen LogP contribution in [-0.2, 0) is 39.8 Å². The van der Waals surface area contributed by atoms with Gasteiger partial charge in [0.1, 0.15) is 36.5 Å². The fourth-order valence-electron chi connectivity index (χ4n) is 5.26.